The molecule has 2 aliphatic heterocycles. The highest BCUT2D eigenvalue weighted by Gasteiger charge is 2.35. The Morgan fingerprint density at radius 3 is 2.58 bits per heavy atom. The van der Waals surface area contributed by atoms with E-state index in [0.717, 1.165) is 37.5 Å². The van der Waals surface area contributed by atoms with Gasteiger partial charge < -0.3 is 20.5 Å². The highest BCUT2D eigenvalue weighted by atomic mass is 19.4. The molecule has 2 aliphatic rings. The van der Waals surface area contributed by atoms with E-state index in [0.29, 0.717) is 37.4 Å². The number of aromatic nitrogens is 4. The largest absolute Gasteiger partial charge is 0.419 e. The summed E-state index contributed by atoms with van der Waals surface area (Å²) in [6.45, 7) is 2.80. The van der Waals surface area contributed by atoms with Gasteiger partial charge in [-0.15, -0.1) is 0 Å². The van der Waals surface area contributed by atoms with Crippen LogP contribution < -0.4 is 16.0 Å². The van der Waals surface area contributed by atoms with Gasteiger partial charge in [0.15, 0.2) is 5.82 Å². The molecular formula is C24H24F4N8. The van der Waals surface area contributed by atoms with Gasteiger partial charge in [-0.3, -0.25) is 0 Å². The summed E-state index contributed by atoms with van der Waals surface area (Å²) in [7, 11) is 0. The fourth-order valence-electron chi connectivity index (χ4n) is 5.01. The number of alkyl halides is 3. The number of nitriles is 1. The van der Waals surface area contributed by atoms with Crippen LogP contribution in [0.15, 0.2) is 30.7 Å². The Hall–Kier alpha value is -3.72. The Labute approximate surface area is 204 Å². The number of nitrogens with one attached hydrogen (secondary N) is 1. The predicted octanol–water partition coefficient (Wildman–Crippen LogP) is 3.87. The van der Waals surface area contributed by atoms with Crippen molar-refractivity contribution in [2.45, 2.75) is 37.4 Å². The minimum absolute atomic E-state index is 0.0582. The third kappa shape index (κ3) is 4.46. The highest BCUT2D eigenvalue weighted by molar-refractivity contribution is 5.63. The normalized spacial score (nSPS) is 19.0. The second-order valence-corrected chi connectivity index (χ2v) is 9.06. The fourth-order valence-corrected chi connectivity index (χ4v) is 5.01. The summed E-state index contributed by atoms with van der Waals surface area (Å²) in [5.41, 5.74) is 5.39. The number of nitrogen functional groups attached to an aromatic ring is 1. The molecule has 3 N–H and O–H groups in total. The number of hydrogen-bond acceptors (Lipinski definition) is 7. The summed E-state index contributed by atoms with van der Waals surface area (Å²) in [5, 5.41) is 12.8. The zero-order valence-corrected chi connectivity index (χ0v) is 19.3. The predicted molar refractivity (Wildman–Crippen MR) is 124 cm³/mol. The van der Waals surface area contributed by atoms with E-state index in [4.69, 9.17) is 10.7 Å². The van der Waals surface area contributed by atoms with Crippen LogP contribution in [0.1, 0.15) is 48.2 Å². The lowest BCUT2D eigenvalue weighted by molar-refractivity contribution is -0.139. The average Bonchev–Trinajstić information content (AvgIpc) is 3.54. The number of benzene rings is 1. The maximum atomic E-state index is 13.9. The Morgan fingerprint density at radius 1 is 1.14 bits per heavy atom. The van der Waals surface area contributed by atoms with Gasteiger partial charge in [-0.05, 0) is 44.0 Å². The van der Waals surface area contributed by atoms with Crippen molar-refractivity contribution >= 4 is 11.6 Å². The molecule has 2 saturated heterocycles. The zero-order chi connectivity index (χ0) is 25.4. The first-order valence-corrected chi connectivity index (χ1v) is 11.7. The van der Waals surface area contributed by atoms with E-state index in [9.17, 15) is 22.8 Å². The van der Waals surface area contributed by atoms with E-state index in [1.165, 1.54) is 12.4 Å². The third-order valence-electron chi connectivity index (χ3n) is 6.88. The first kappa shape index (κ1) is 24.0. The van der Waals surface area contributed by atoms with Gasteiger partial charge in [-0.2, -0.15) is 18.4 Å². The minimum atomic E-state index is -4.79. The number of hydrogen-bond donors (Lipinski definition) is 2. The van der Waals surface area contributed by atoms with Gasteiger partial charge in [0.1, 0.15) is 35.4 Å². The first-order chi connectivity index (χ1) is 17.3. The standard InChI is InChI=1S/C24H24F4N8/c25-19-2-1-15(9-18(19)24(26,27)28)20-12-36(16-3-6-31-11-16)22(34-20)14-4-7-35(8-5-14)23-17(10-29)21(30)32-13-33-23/h1-2,9,12-14,16,31H,3-8,11H2,(H2,30,32,33). The van der Waals surface area contributed by atoms with Crippen LogP contribution in [0.2, 0.25) is 0 Å². The van der Waals surface area contributed by atoms with Crippen LogP contribution in [0.3, 0.4) is 0 Å². The molecule has 0 amide bonds. The molecule has 1 atom stereocenters. The second kappa shape index (κ2) is 9.39. The lowest BCUT2D eigenvalue weighted by atomic mass is 9.95. The van der Waals surface area contributed by atoms with Gasteiger partial charge in [0.05, 0.1) is 11.3 Å². The van der Waals surface area contributed by atoms with Crippen LogP contribution in [0, 0.1) is 17.1 Å². The molecule has 4 heterocycles. The van der Waals surface area contributed by atoms with Crippen molar-refractivity contribution in [3.8, 4) is 17.3 Å². The maximum Gasteiger partial charge on any atom is 0.419 e. The molecule has 188 valence electrons. The number of imidazole rings is 1. The monoisotopic (exact) mass is 500 g/mol. The molecule has 0 spiro atoms. The molecule has 1 unspecified atom stereocenters. The molecule has 0 aliphatic carbocycles. The molecule has 12 heteroatoms. The van der Waals surface area contributed by atoms with Crippen molar-refractivity contribution in [3.05, 3.63) is 53.5 Å². The number of piperidine rings is 1. The molecule has 3 aromatic rings. The lowest BCUT2D eigenvalue weighted by Gasteiger charge is -2.33. The molecule has 5 rings (SSSR count). The Balaban J connectivity index is 1.44. The maximum absolute atomic E-state index is 13.9. The van der Waals surface area contributed by atoms with Gasteiger partial charge >= 0.3 is 6.18 Å². The molecule has 2 fully saturated rings. The quantitative estimate of drug-likeness (QED) is 0.524. The molecular weight excluding hydrogens is 476 g/mol. The zero-order valence-electron chi connectivity index (χ0n) is 19.3. The smallest absolute Gasteiger partial charge is 0.382 e. The molecule has 0 bridgehead atoms. The Kier molecular flexibility index (Phi) is 6.26. The Morgan fingerprint density at radius 2 is 1.92 bits per heavy atom. The van der Waals surface area contributed by atoms with Gasteiger partial charge in [-0.1, -0.05) is 0 Å². The number of nitrogens with two attached hydrogens (primary N) is 1. The third-order valence-corrected chi connectivity index (χ3v) is 6.88. The Bertz CT molecular complexity index is 1300. The van der Waals surface area contributed by atoms with Gasteiger partial charge in [0, 0.05) is 43.4 Å². The van der Waals surface area contributed by atoms with Gasteiger partial charge in [0.25, 0.3) is 0 Å². The SMILES string of the molecule is N#Cc1c(N)ncnc1N1CCC(c2nc(-c3ccc(F)c(C(F)(F)F)c3)cn2C2CCNC2)CC1. The van der Waals surface area contributed by atoms with Gasteiger partial charge in [0.2, 0.25) is 0 Å². The molecule has 8 nitrogen and oxygen atoms in total. The second-order valence-electron chi connectivity index (χ2n) is 9.06. The van der Waals surface area contributed by atoms with E-state index >= 15 is 0 Å². The average molecular weight is 501 g/mol. The van der Waals surface area contributed by atoms with Crippen molar-refractivity contribution < 1.29 is 17.6 Å². The topological polar surface area (TPSA) is 109 Å². The van der Waals surface area contributed by atoms with Crippen LogP contribution in [0.4, 0.5) is 29.2 Å². The van der Waals surface area contributed by atoms with Gasteiger partial charge in [-0.25, -0.2) is 19.3 Å². The van der Waals surface area contributed by atoms with Crippen LogP contribution in [0.25, 0.3) is 11.3 Å². The summed E-state index contributed by atoms with van der Waals surface area (Å²) >= 11 is 0. The van der Waals surface area contributed by atoms with Crippen LogP contribution in [-0.2, 0) is 6.18 Å². The summed E-state index contributed by atoms with van der Waals surface area (Å²) < 4.78 is 55.8. The highest BCUT2D eigenvalue weighted by Crippen LogP contribution is 2.37. The van der Waals surface area contributed by atoms with Crippen molar-refractivity contribution in [1.82, 2.24) is 24.8 Å². The summed E-state index contributed by atoms with van der Waals surface area (Å²) in [6, 6.07) is 5.20. The summed E-state index contributed by atoms with van der Waals surface area (Å²) in [5.74, 6) is 0.191. The van der Waals surface area contributed by atoms with Crippen molar-refractivity contribution in [2.75, 3.05) is 36.8 Å². The van der Waals surface area contributed by atoms with E-state index in [-0.39, 0.29) is 28.9 Å². The summed E-state index contributed by atoms with van der Waals surface area (Å²) in [6.07, 6.45) is 0.628. The minimum Gasteiger partial charge on any atom is -0.382 e. The molecule has 36 heavy (non-hydrogen) atoms. The van der Waals surface area contributed by atoms with Crippen molar-refractivity contribution in [3.63, 3.8) is 0 Å². The van der Waals surface area contributed by atoms with E-state index in [1.54, 1.807) is 6.20 Å². The summed E-state index contributed by atoms with van der Waals surface area (Å²) in [4.78, 5) is 14.9. The van der Waals surface area contributed by atoms with Crippen molar-refractivity contribution in [1.29, 1.82) is 5.26 Å². The van der Waals surface area contributed by atoms with Crippen LogP contribution in [0.5, 0.6) is 0 Å². The van der Waals surface area contributed by atoms with E-state index < -0.39 is 17.6 Å². The lowest BCUT2D eigenvalue weighted by Crippen LogP contribution is -2.35. The number of halogens is 4. The van der Waals surface area contributed by atoms with Crippen LogP contribution in [-0.4, -0.2) is 45.7 Å². The number of nitrogens with zero attached hydrogens (tertiary/aromatic N) is 6. The molecule has 1 aromatic carbocycles. The van der Waals surface area contributed by atoms with E-state index in [2.05, 4.69) is 25.9 Å². The van der Waals surface area contributed by atoms with Crippen LogP contribution >= 0.6 is 0 Å². The molecule has 0 saturated carbocycles. The number of anilines is 2. The number of rotatable bonds is 4. The fraction of sp³-hybridized carbons (Fsp3) is 0.417. The molecule has 2 aromatic heterocycles. The molecule has 0 radical (unpaired) electrons. The van der Waals surface area contributed by atoms with Crippen molar-refractivity contribution in [2.24, 2.45) is 0 Å². The first-order valence-electron chi connectivity index (χ1n) is 11.7. The van der Waals surface area contributed by atoms with E-state index in [1.807, 2.05) is 4.90 Å².